The number of anilines is 1. The lowest BCUT2D eigenvalue weighted by Gasteiger charge is -2.31. The molecular weight excluding hydrogens is 622 g/mol. The van der Waals surface area contributed by atoms with Crippen LogP contribution in [-0.4, -0.2) is 39.1 Å². The van der Waals surface area contributed by atoms with Gasteiger partial charge in [-0.1, -0.05) is 92.3 Å². The van der Waals surface area contributed by atoms with E-state index in [9.17, 15) is 15.3 Å². The maximum atomic E-state index is 11.6. The molecule has 0 saturated heterocycles. The number of nitrogens with two attached hydrogens (primary N) is 1. The van der Waals surface area contributed by atoms with E-state index in [4.69, 9.17) is 10.5 Å². The SMILES string of the molecule is CC(Cc1ccccc1)C1C#CC2C=CC(c3ccc(O)c(OCCC(Cc4ccc[n-]4)c4ccnc(N)c4)c3)CC(O)C2C(O)CCCC1. The van der Waals surface area contributed by atoms with Gasteiger partial charge in [-0.2, -0.15) is 11.9 Å². The maximum Gasteiger partial charge on any atom is 0.161 e. The minimum Gasteiger partial charge on any atom is -0.668 e. The van der Waals surface area contributed by atoms with E-state index in [1.54, 1.807) is 18.5 Å². The number of pyridine rings is 1. The smallest absolute Gasteiger partial charge is 0.161 e. The molecule has 4 aromatic rings. The number of aromatic nitrogens is 2. The molecule has 7 nitrogen and oxygen atoms in total. The average molecular weight is 673 g/mol. The van der Waals surface area contributed by atoms with Gasteiger partial charge >= 0.3 is 0 Å². The van der Waals surface area contributed by atoms with Crippen LogP contribution in [0.5, 0.6) is 11.5 Å². The van der Waals surface area contributed by atoms with E-state index in [0.29, 0.717) is 43.4 Å². The van der Waals surface area contributed by atoms with Gasteiger partial charge in [0.15, 0.2) is 11.5 Å². The number of rotatable bonds is 11. The van der Waals surface area contributed by atoms with Crippen LogP contribution in [0.1, 0.15) is 79.7 Å². The van der Waals surface area contributed by atoms with E-state index in [1.807, 2.05) is 36.4 Å². The number of hydrogen-bond donors (Lipinski definition) is 4. The highest BCUT2D eigenvalue weighted by molar-refractivity contribution is 5.44. The van der Waals surface area contributed by atoms with Gasteiger partial charge in [0.2, 0.25) is 0 Å². The van der Waals surface area contributed by atoms with Crippen LogP contribution in [0.4, 0.5) is 5.82 Å². The maximum absolute atomic E-state index is 11.6. The second-order valence-corrected chi connectivity index (χ2v) is 14.2. The molecule has 50 heavy (non-hydrogen) atoms. The highest BCUT2D eigenvalue weighted by atomic mass is 16.5. The van der Waals surface area contributed by atoms with Crippen LogP contribution >= 0.6 is 0 Å². The molecule has 7 heteroatoms. The zero-order valence-corrected chi connectivity index (χ0v) is 28.9. The first-order valence-corrected chi connectivity index (χ1v) is 18.2. The van der Waals surface area contributed by atoms with E-state index in [1.165, 1.54) is 5.56 Å². The summed E-state index contributed by atoms with van der Waals surface area (Å²) in [5.41, 5.74) is 10.3. The van der Waals surface area contributed by atoms with E-state index >= 15 is 0 Å². The van der Waals surface area contributed by atoms with Crippen LogP contribution in [0.3, 0.4) is 0 Å². The van der Waals surface area contributed by atoms with Gasteiger partial charge in [-0.15, -0.1) is 0 Å². The van der Waals surface area contributed by atoms with Gasteiger partial charge in [0.1, 0.15) is 5.82 Å². The largest absolute Gasteiger partial charge is 0.668 e. The molecule has 262 valence electrons. The molecular formula is C43H50N3O4-. The van der Waals surface area contributed by atoms with Gasteiger partial charge in [0.25, 0.3) is 0 Å². The molecule has 2 aliphatic rings. The lowest BCUT2D eigenvalue weighted by molar-refractivity contribution is -0.00713. The normalized spacial score (nSPS) is 24.9. The number of nitrogens with zero attached hydrogens (tertiary/aromatic N) is 2. The molecule has 0 amide bonds. The number of ether oxygens (including phenoxy) is 1. The van der Waals surface area contributed by atoms with E-state index in [2.05, 4.69) is 71.2 Å². The lowest BCUT2D eigenvalue weighted by atomic mass is 9.78. The molecule has 2 aromatic heterocycles. The van der Waals surface area contributed by atoms with Crippen LogP contribution in [0.25, 0.3) is 0 Å². The summed E-state index contributed by atoms with van der Waals surface area (Å²) in [5, 5.41) is 33.7. The van der Waals surface area contributed by atoms with E-state index in [0.717, 1.165) is 48.9 Å². The fourth-order valence-corrected chi connectivity index (χ4v) is 7.75. The first-order valence-electron chi connectivity index (χ1n) is 18.2. The lowest BCUT2D eigenvalue weighted by Crippen LogP contribution is -2.37. The van der Waals surface area contributed by atoms with Crippen LogP contribution in [-0.2, 0) is 12.8 Å². The topological polar surface area (TPSA) is 123 Å². The molecule has 0 saturated carbocycles. The van der Waals surface area contributed by atoms with Crippen molar-refractivity contribution in [1.29, 1.82) is 0 Å². The predicted octanol–water partition coefficient (Wildman–Crippen LogP) is 7.19. The van der Waals surface area contributed by atoms with Crippen LogP contribution in [0, 0.1) is 35.5 Å². The molecule has 5 N–H and O–H groups in total. The van der Waals surface area contributed by atoms with Crippen molar-refractivity contribution in [2.75, 3.05) is 12.3 Å². The van der Waals surface area contributed by atoms with Gasteiger partial charge in [0, 0.05) is 29.9 Å². The van der Waals surface area contributed by atoms with E-state index in [-0.39, 0.29) is 35.3 Å². The Morgan fingerprint density at radius 2 is 1.78 bits per heavy atom. The summed E-state index contributed by atoms with van der Waals surface area (Å²) in [6.45, 7) is 2.67. The number of phenolic OH excluding ortho intramolecular Hbond substituents is 1. The zero-order valence-electron chi connectivity index (χ0n) is 28.9. The molecule has 0 fully saturated rings. The zero-order chi connectivity index (χ0) is 34.9. The number of fused-ring (bicyclic) bond motifs is 1. The first kappa shape index (κ1) is 35.3. The van der Waals surface area contributed by atoms with Crippen molar-refractivity contribution in [3.63, 3.8) is 0 Å². The Morgan fingerprint density at radius 3 is 2.58 bits per heavy atom. The molecule has 8 unspecified atom stereocenters. The summed E-state index contributed by atoms with van der Waals surface area (Å²) in [6.07, 6.45) is 12.8. The Kier molecular flexibility index (Phi) is 12.0. The summed E-state index contributed by atoms with van der Waals surface area (Å²) < 4.78 is 6.21. The van der Waals surface area contributed by atoms with Crippen molar-refractivity contribution in [3.8, 4) is 23.3 Å². The first-order chi connectivity index (χ1) is 24.3. The number of aromatic hydroxyl groups is 1. The van der Waals surface area contributed by atoms with Crippen molar-refractivity contribution in [3.05, 3.63) is 120 Å². The molecule has 8 atom stereocenters. The predicted molar refractivity (Wildman–Crippen MR) is 198 cm³/mol. The van der Waals surface area contributed by atoms with Crippen LogP contribution in [0.15, 0.2) is 97.3 Å². The number of allylic oxidation sites excluding steroid dienone is 2. The third-order valence-electron chi connectivity index (χ3n) is 10.6. The number of hydrogen-bond acceptors (Lipinski definition) is 6. The minimum atomic E-state index is -0.736. The summed E-state index contributed by atoms with van der Waals surface area (Å²) in [7, 11) is 0. The number of aliphatic hydroxyl groups excluding tert-OH is 2. The Morgan fingerprint density at radius 1 is 0.940 bits per heavy atom. The number of nitrogen functional groups attached to an aromatic ring is 1. The number of benzene rings is 2. The van der Waals surface area contributed by atoms with Crippen LogP contribution < -0.4 is 15.5 Å². The molecule has 6 rings (SSSR count). The summed E-state index contributed by atoms with van der Waals surface area (Å²) in [6, 6.07) is 23.8. The molecule has 2 aliphatic carbocycles. The van der Waals surface area contributed by atoms with Crippen molar-refractivity contribution in [1.82, 2.24) is 9.97 Å². The Bertz CT molecular complexity index is 1740. The third kappa shape index (κ3) is 9.18. The van der Waals surface area contributed by atoms with E-state index < -0.39 is 12.2 Å². The average Bonchev–Trinajstić information content (AvgIpc) is 3.57. The number of phenols is 1. The standard InChI is InChI=1S/C43H50N3O4/c1-29(24-30-8-3-2-4-9-30)31-10-5-6-12-39(48)43-32(14-13-31)15-16-33(26-40(43)49)34-17-18-38(47)41(27-34)50-23-20-36(25-37-11-7-21-45-37)35-19-22-46-42(44)28-35/h2-4,7-9,11,15-19,21-22,27-29,31-33,36,39-40,43,47-49H,5-6,10,12,20,23-26H2,1H3,(H2,44,46)/q-1. The Hall–Kier alpha value is -4.51. The Labute approximate surface area is 296 Å². The van der Waals surface area contributed by atoms with Crippen molar-refractivity contribution >= 4 is 5.82 Å². The van der Waals surface area contributed by atoms with Gasteiger partial charge < -0.3 is 30.8 Å². The highest BCUT2D eigenvalue weighted by Gasteiger charge is 2.36. The molecule has 0 aliphatic heterocycles. The summed E-state index contributed by atoms with van der Waals surface area (Å²) in [4.78, 5) is 8.61. The molecule has 2 aromatic carbocycles. The monoisotopic (exact) mass is 672 g/mol. The summed E-state index contributed by atoms with van der Waals surface area (Å²) in [5.74, 6) is 8.13. The second-order valence-electron chi connectivity index (χ2n) is 14.2. The fourth-order valence-electron chi connectivity index (χ4n) is 7.75. The van der Waals surface area contributed by atoms with Crippen molar-refractivity contribution in [2.45, 2.75) is 82.3 Å². The molecule has 0 bridgehead atoms. The second kappa shape index (κ2) is 16.9. The number of aliphatic hydroxyl groups is 2. The molecule has 0 spiro atoms. The summed E-state index contributed by atoms with van der Waals surface area (Å²) >= 11 is 0. The van der Waals surface area contributed by atoms with Gasteiger partial charge in [-0.05, 0) is 91.3 Å². The molecule has 2 heterocycles. The Balaban J connectivity index is 1.17. The van der Waals surface area contributed by atoms with Gasteiger partial charge in [0.05, 0.1) is 18.8 Å². The fraction of sp³-hybridized carbons (Fsp3) is 0.419. The minimum absolute atomic E-state index is 0.0698. The van der Waals surface area contributed by atoms with Gasteiger partial charge in [-0.25, -0.2) is 4.98 Å². The van der Waals surface area contributed by atoms with Crippen molar-refractivity contribution in [2.24, 2.45) is 23.7 Å². The highest BCUT2D eigenvalue weighted by Crippen LogP contribution is 2.39. The molecule has 0 radical (unpaired) electrons. The van der Waals surface area contributed by atoms with Gasteiger partial charge in [-0.3, -0.25) is 0 Å². The quantitative estimate of drug-likeness (QED) is 0.0983. The van der Waals surface area contributed by atoms with Crippen LogP contribution in [0.2, 0.25) is 0 Å². The van der Waals surface area contributed by atoms with Crippen molar-refractivity contribution < 1.29 is 20.1 Å². The third-order valence-corrected chi connectivity index (χ3v) is 10.6.